The van der Waals surface area contributed by atoms with E-state index in [-0.39, 0.29) is 10.8 Å². The van der Waals surface area contributed by atoms with Crippen molar-refractivity contribution in [2.75, 3.05) is 0 Å². The van der Waals surface area contributed by atoms with Crippen molar-refractivity contribution in [2.45, 2.75) is 78.6 Å². The predicted octanol–water partition coefficient (Wildman–Crippen LogP) is 11.8. The third kappa shape index (κ3) is 9.55. The molecule has 9 aromatic rings. The molecule has 0 aliphatic carbocycles. The van der Waals surface area contributed by atoms with Crippen molar-refractivity contribution in [1.29, 1.82) is 0 Å². The molecule has 10 nitrogen and oxygen atoms in total. The monoisotopic (exact) mass is 911 g/mol. The lowest BCUT2D eigenvalue weighted by atomic mass is 9.93. The smallest absolute Gasteiger partial charge is 0.171 e. The molecular formula is C57H54N9OP. The van der Waals surface area contributed by atoms with Gasteiger partial charge in [0, 0.05) is 65.5 Å². The van der Waals surface area contributed by atoms with Gasteiger partial charge in [-0.1, -0.05) is 214 Å². The first-order valence-electron chi connectivity index (χ1n) is 22.8. The van der Waals surface area contributed by atoms with Crippen LogP contribution in [0.5, 0.6) is 0 Å². The van der Waals surface area contributed by atoms with E-state index in [1.807, 2.05) is 164 Å². The van der Waals surface area contributed by atoms with Crippen LogP contribution < -0.4 is 15.9 Å². The van der Waals surface area contributed by atoms with Gasteiger partial charge < -0.3 is 4.57 Å². The highest BCUT2D eigenvalue weighted by atomic mass is 31.2. The minimum atomic E-state index is -3.18. The average molecular weight is 912 g/mol. The van der Waals surface area contributed by atoms with Crippen LogP contribution in [0, 0.1) is 0 Å². The van der Waals surface area contributed by atoms with Gasteiger partial charge in [-0.3, -0.25) is 0 Å². The Morgan fingerprint density at radius 2 is 0.544 bits per heavy atom. The van der Waals surface area contributed by atoms with E-state index < -0.39 is 12.6 Å². The fraction of sp³-hybridized carbons (Fsp3) is 0.211. The standard InChI is InChI=1S/C57H54N9OP/c1-55(2,3)52-62-49(61-50(63-52)41-25-20-26-42(36-41)51-64-53(56(4,5)6)66-54(65-51)57(7,8)9)40-24-19-23-39(35-40)48-59-46(37-21-13-10-14-22-37)58-47(60-48)38-31-33-45(34-32-38)68(67,43-27-15-11-16-28-43)44-29-17-12-18-30-44/h10-36H,1-9H3. The molecule has 0 aliphatic rings. The first kappa shape index (κ1) is 45.7. The van der Waals surface area contributed by atoms with Gasteiger partial charge in [-0.15, -0.1) is 0 Å². The minimum Gasteiger partial charge on any atom is -0.309 e. The quantitative estimate of drug-likeness (QED) is 0.129. The van der Waals surface area contributed by atoms with Crippen LogP contribution in [0.4, 0.5) is 0 Å². The lowest BCUT2D eigenvalue weighted by molar-refractivity contribution is 0.497. The first-order chi connectivity index (χ1) is 32.4. The molecule has 0 radical (unpaired) electrons. The molecule has 11 heteroatoms. The topological polar surface area (TPSA) is 133 Å². The van der Waals surface area contributed by atoms with Crippen LogP contribution in [0.15, 0.2) is 164 Å². The lowest BCUT2D eigenvalue weighted by Crippen LogP contribution is -2.24. The molecule has 9 rings (SSSR count). The Balaban J connectivity index is 1.12. The highest BCUT2D eigenvalue weighted by Gasteiger charge is 2.30. The Hall–Kier alpha value is -7.42. The van der Waals surface area contributed by atoms with E-state index in [0.29, 0.717) is 40.8 Å². The van der Waals surface area contributed by atoms with Gasteiger partial charge in [0.15, 0.2) is 42.1 Å². The van der Waals surface area contributed by atoms with Gasteiger partial charge in [0.25, 0.3) is 0 Å². The second kappa shape index (κ2) is 18.0. The molecule has 0 atom stereocenters. The molecule has 68 heavy (non-hydrogen) atoms. The zero-order chi connectivity index (χ0) is 47.8. The second-order valence-electron chi connectivity index (χ2n) is 20.0. The Kier molecular flexibility index (Phi) is 12.1. The van der Waals surface area contributed by atoms with E-state index in [1.54, 1.807) is 0 Å². The molecule has 6 aromatic carbocycles. The predicted molar refractivity (Wildman–Crippen MR) is 275 cm³/mol. The molecule has 0 aliphatic heterocycles. The zero-order valence-electron chi connectivity index (χ0n) is 40.0. The number of hydrogen-bond donors (Lipinski definition) is 0. The van der Waals surface area contributed by atoms with Gasteiger partial charge in [-0.2, -0.15) is 0 Å². The van der Waals surface area contributed by atoms with Crippen molar-refractivity contribution in [3.63, 3.8) is 0 Å². The van der Waals surface area contributed by atoms with Gasteiger partial charge >= 0.3 is 0 Å². The average Bonchev–Trinajstić information content (AvgIpc) is 3.36. The molecule has 0 spiro atoms. The molecule has 0 fully saturated rings. The SMILES string of the molecule is CC(C)(C)c1nc(-c2cccc(-c3nc(-c4ccccc4)nc(-c4ccc(P(=O)(c5ccccc5)c5ccccc5)cc4)n3)c2)nc(-c2cccc(-c3nc(C(C)(C)C)nc(C(C)(C)C)n3)c2)n1. The summed E-state index contributed by atoms with van der Waals surface area (Å²) in [6.45, 7) is 19.0. The third-order valence-electron chi connectivity index (χ3n) is 11.4. The Bertz CT molecular complexity index is 3230. The number of aromatic nitrogens is 9. The van der Waals surface area contributed by atoms with Crippen LogP contribution in [0.1, 0.15) is 79.8 Å². The number of benzene rings is 6. The van der Waals surface area contributed by atoms with E-state index in [1.165, 1.54) is 0 Å². The third-order valence-corrected chi connectivity index (χ3v) is 14.5. The summed E-state index contributed by atoms with van der Waals surface area (Å²) in [4.78, 5) is 45.2. The van der Waals surface area contributed by atoms with E-state index in [9.17, 15) is 0 Å². The van der Waals surface area contributed by atoms with Crippen molar-refractivity contribution < 1.29 is 4.57 Å². The maximum atomic E-state index is 15.2. The van der Waals surface area contributed by atoms with Crippen LogP contribution in [0.25, 0.3) is 68.3 Å². The Morgan fingerprint density at radius 3 is 0.912 bits per heavy atom. The first-order valence-corrected chi connectivity index (χ1v) is 24.5. The Morgan fingerprint density at radius 1 is 0.279 bits per heavy atom. The molecule has 0 unspecified atom stereocenters. The van der Waals surface area contributed by atoms with Crippen LogP contribution in [-0.2, 0) is 20.8 Å². The molecular weight excluding hydrogens is 858 g/mol. The number of rotatable bonds is 9. The zero-order valence-corrected chi connectivity index (χ0v) is 40.9. The molecule has 0 amide bonds. The summed E-state index contributed by atoms with van der Waals surface area (Å²) in [5.41, 5.74) is 3.87. The summed E-state index contributed by atoms with van der Waals surface area (Å²) in [7, 11) is -3.18. The summed E-state index contributed by atoms with van der Waals surface area (Å²) in [6, 6.07) is 53.0. The summed E-state index contributed by atoms with van der Waals surface area (Å²) in [5.74, 6) is 5.29. The van der Waals surface area contributed by atoms with Gasteiger partial charge in [0.1, 0.15) is 17.5 Å². The molecule has 0 saturated heterocycles. The minimum absolute atomic E-state index is 0.273. The van der Waals surface area contributed by atoms with Crippen LogP contribution in [0.3, 0.4) is 0 Å². The van der Waals surface area contributed by atoms with Gasteiger partial charge in [0.2, 0.25) is 0 Å². The molecule has 0 N–H and O–H groups in total. The number of nitrogens with zero attached hydrogens (tertiary/aromatic N) is 9. The van der Waals surface area contributed by atoms with Gasteiger partial charge in [0.05, 0.1) is 0 Å². The van der Waals surface area contributed by atoms with E-state index in [4.69, 9.17) is 44.9 Å². The molecule has 3 heterocycles. The van der Waals surface area contributed by atoms with E-state index in [2.05, 4.69) is 62.3 Å². The summed E-state index contributed by atoms with van der Waals surface area (Å²) < 4.78 is 15.2. The van der Waals surface area contributed by atoms with Crippen molar-refractivity contribution in [3.8, 4) is 68.3 Å². The maximum Gasteiger partial charge on any atom is 0.171 e. The van der Waals surface area contributed by atoms with E-state index in [0.717, 1.165) is 60.9 Å². The summed E-state index contributed by atoms with van der Waals surface area (Å²) in [6.07, 6.45) is 0. The number of hydrogen-bond acceptors (Lipinski definition) is 10. The maximum absolute atomic E-state index is 15.2. The molecule has 0 bridgehead atoms. The highest BCUT2D eigenvalue weighted by Crippen LogP contribution is 2.43. The summed E-state index contributed by atoms with van der Waals surface area (Å²) in [5, 5.41) is 2.26. The lowest BCUT2D eigenvalue weighted by Gasteiger charge is -2.22. The highest BCUT2D eigenvalue weighted by molar-refractivity contribution is 7.85. The fourth-order valence-corrected chi connectivity index (χ4v) is 10.3. The normalized spacial score (nSPS) is 12.2. The van der Waals surface area contributed by atoms with E-state index >= 15 is 4.57 Å². The molecule has 3 aromatic heterocycles. The van der Waals surface area contributed by atoms with Crippen LogP contribution in [-0.4, -0.2) is 44.9 Å². The fourth-order valence-electron chi connectivity index (χ4n) is 7.63. The van der Waals surface area contributed by atoms with Crippen molar-refractivity contribution in [2.24, 2.45) is 0 Å². The van der Waals surface area contributed by atoms with Crippen LogP contribution in [0.2, 0.25) is 0 Å². The largest absolute Gasteiger partial charge is 0.309 e. The summed E-state index contributed by atoms with van der Waals surface area (Å²) >= 11 is 0. The second-order valence-corrected chi connectivity index (χ2v) is 22.8. The van der Waals surface area contributed by atoms with Crippen molar-refractivity contribution >= 4 is 23.1 Å². The molecule has 0 saturated carbocycles. The van der Waals surface area contributed by atoms with Gasteiger partial charge in [-0.25, -0.2) is 44.9 Å². The van der Waals surface area contributed by atoms with Gasteiger partial charge in [-0.05, 0) is 12.1 Å². The molecule has 338 valence electrons. The van der Waals surface area contributed by atoms with Crippen molar-refractivity contribution in [1.82, 2.24) is 44.9 Å². The Labute approximate surface area is 399 Å². The van der Waals surface area contributed by atoms with Crippen molar-refractivity contribution in [3.05, 3.63) is 181 Å². The van der Waals surface area contributed by atoms with Crippen LogP contribution >= 0.6 is 7.14 Å².